The van der Waals surface area contributed by atoms with Crippen molar-refractivity contribution in [2.75, 3.05) is 7.11 Å². The maximum Gasteiger partial charge on any atom is 0.191 e. The smallest absolute Gasteiger partial charge is 0.191 e. The van der Waals surface area contributed by atoms with Gasteiger partial charge in [0.2, 0.25) is 0 Å². The summed E-state index contributed by atoms with van der Waals surface area (Å²) in [4.78, 5) is 12.3. The minimum absolute atomic E-state index is 0.00158. The fraction of sp³-hybridized carbons (Fsp3) is 0.533. The number of carbonyl (C=O) groups is 1. The lowest BCUT2D eigenvalue weighted by Crippen LogP contribution is -2.28. The molecule has 0 bridgehead atoms. The molecular weight excluding hydrogens is 228 g/mol. The molecule has 0 amide bonds. The van der Waals surface area contributed by atoms with E-state index in [1.54, 1.807) is 19.2 Å². The number of carbonyl (C=O) groups excluding carboxylic acids is 1. The third-order valence-electron chi connectivity index (χ3n) is 2.61. The zero-order valence-corrected chi connectivity index (χ0v) is 11.8. The van der Waals surface area contributed by atoms with Crippen molar-refractivity contribution < 1.29 is 14.3 Å². The molecule has 0 radical (unpaired) electrons. The summed E-state index contributed by atoms with van der Waals surface area (Å²) in [6.07, 6.45) is -0.307. The average Bonchev–Trinajstić information content (AvgIpc) is 2.28. The Hall–Kier alpha value is -1.35. The zero-order valence-electron chi connectivity index (χ0n) is 11.8. The number of ether oxygens (including phenoxy) is 2. The predicted octanol–water partition coefficient (Wildman–Crippen LogP) is 3.33. The van der Waals surface area contributed by atoms with Crippen LogP contribution in [-0.4, -0.2) is 25.1 Å². The van der Waals surface area contributed by atoms with Crippen LogP contribution in [0.25, 0.3) is 0 Å². The second-order valence-electron chi connectivity index (χ2n) is 4.96. The maximum atomic E-state index is 12.3. The van der Waals surface area contributed by atoms with Gasteiger partial charge in [-0.15, -0.1) is 0 Å². The van der Waals surface area contributed by atoms with Gasteiger partial charge in [-0.3, -0.25) is 4.79 Å². The fourth-order valence-corrected chi connectivity index (χ4v) is 1.84. The van der Waals surface area contributed by atoms with Gasteiger partial charge < -0.3 is 9.47 Å². The molecule has 1 aromatic rings. The normalized spacial score (nSPS) is 12.8. The molecular formula is C15H22O3. The lowest BCUT2D eigenvalue weighted by molar-refractivity contribution is 0.0458. The van der Waals surface area contributed by atoms with Crippen molar-refractivity contribution in [3.05, 3.63) is 29.8 Å². The van der Waals surface area contributed by atoms with Crippen LogP contribution in [-0.2, 0) is 4.74 Å². The second-order valence-corrected chi connectivity index (χ2v) is 4.96. The topological polar surface area (TPSA) is 35.5 Å². The standard InChI is InChI=1S/C15H22O3/c1-10(2)15(17-5)14(16)12-7-6-8-13(9-12)18-11(3)4/h6-11,15H,1-5H3. The Bertz CT molecular complexity index is 396. The summed E-state index contributed by atoms with van der Waals surface area (Å²) in [6.45, 7) is 7.86. The Morgan fingerprint density at radius 2 is 1.83 bits per heavy atom. The molecule has 1 aromatic carbocycles. The van der Waals surface area contributed by atoms with Gasteiger partial charge in [0.05, 0.1) is 6.10 Å². The Morgan fingerprint density at radius 3 is 2.33 bits per heavy atom. The van der Waals surface area contributed by atoms with E-state index in [1.165, 1.54) is 0 Å². The molecule has 0 saturated heterocycles. The number of Topliss-reactive ketones (excluding diaryl/α,β-unsaturated/α-hetero) is 1. The van der Waals surface area contributed by atoms with Crippen LogP contribution in [0.15, 0.2) is 24.3 Å². The fourth-order valence-electron chi connectivity index (χ4n) is 1.84. The molecule has 3 nitrogen and oxygen atoms in total. The highest BCUT2D eigenvalue weighted by Crippen LogP contribution is 2.19. The quantitative estimate of drug-likeness (QED) is 0.726. The van der Waals surface area contributed by atoms with Crippen molar-refractivity contribution in [3.8, 4) is 5.75 Å². The first-order valence-electron chi connectivity index (χ1n) is 6.29. The van der Waals surface area contributed by atoms with Crippen molar-refractivity contribution in [2.45, 2.75) is 39.9 Å². The van der Waals surface area contributed by atoms with Crippen molar-refractivity contribution in [1.29, 1.82) is 0 Å². The van der Waals surface area contributed by atoms with Gasteiger partial charge in [0.25, 0.3) is 0 Å². The van der Waals surface area contributed by atoms with E-state index in [0.717, 1.165) is 5.75 Å². The third kappa shape index (κ3) is 3.84. The molecule has 3 heteroatoms. The van der Waals surface area contributed by atoms with E-state index in [1.807, 2.05) is 39.8 Å². The number of hydrogen-bond acceptors (Lipinski definition) is 3. The monoisotopic (exact) mass is 250 g/mol. The lowest BCUT2D eigenvalue weighted by Gasteiger charge is -2.18. The van der Waals surface area contributed by atoms with Crippen LogP contribution in [0.1, 0.15) is 38.1 Å². The van der Waals surface area contributed by atoms with Gasteiger partial charge in [-0.25, -0.2) is 0 Å². The lowest BCUT2D eigenvalue weighted by atomic mass is 9.97. The maximum absolute atomic E-state index is 12.3. The highest BCUT2D eigenvalue weighted by atomic mass is 16.5. The molecule has 1 atom stereocenters. The van der Waals surface area contributed by atoms with Gasteiger partial charge >= 0.3 is 0 Å². The van der Waals surface area contributed by atoms with Crippen molar-refractivity contribution >= 4 is 5.78 Å². The SMILES string of the molecule is COC(C(=O)c1cccc(OC(C)C)c1)C(C)C. The van der Waals surface area contributed by atoms with Gasteiger partial charge in [0.15, 0.2) is 5.78 Å². The Kier molecular flexibility index (Phi) is 5.35. The summed E-state index contributed by atoms with van der Waals surface area (Å²) in [5.41, 5.74) is 0.633. The van der Waals surface area contributed by atoms with Crippen molar-refractivity contribution in [3.63, 3.8) is 0 Å². The summed E-state index contributed by atoms with van der Waals surface area (Å²) in [5.74, 6) is 0.869. The number of benzene rings is 1. The van der Waals surface area contributed by atoms with Gasteiger partial charge in [-0.05, 0) is 31.9 Å². The van der Waals surface area contributed by atoms with E-state index in [2.05, 4.69) is 0 Å². The van der Waals surface area contributed by atoms with Crippen LogP contribution in [0, 0.1) is 5.92 Å². The van der Waals surface area contributed by atoms with Crippen LogP contribution in [0.4, 0.5) is 0 Å². The number of hydrogen-bond donors (Lipinski definition) is 0. The molecule has 100 valence electrons. The highest BCUT2D eigenvalue weighted by Gasteiger charge is 2.23. The molecule has 0 spiro atoms. The van der Waals surface area contributed by atoms with Crippen molar-refractivity contribution in [2.24, 2.45) is 5.92 Å². The molecule has 1 rings (SSSR count). The first kappa shape index (κ1) is 14.7. The second kappa shape index (κ2) is 6.55. The van der Waals surface area contributed by atoms with E-state index in [0.29, 0.717) is 5.56 Å². The first-order chi connectivity index (χ1) is 8.45. The Labute approximate surface area is 109 Å². The average molecular weight is 250 g/mol. The molecule has 0 aromatic heterocycles. The van der Waals surface area contributed by atoms with E-state index >= 15 is 0 Å². The predicted molar refractivity (Wildman–Crippen MR) is 72.2 cm³/mol. The number of rotatable bonds is 6. The third-order valence-corrected chi connectivity index (χ3v) is 2.61. The molecule has 0 N–H and O–H groups in total. The molecule has 0 aliphatic carbocycles. The molecule has 0 heterocycles. The number of ketones is 1. The summed E-state index contributed by atoms with van der Waals surface area (Å²) >= 11 is 0. The summed E-state index contributed by atoms with van der Waals surface area (Å²) in [5, 5.41) is 0. The van der Waals surface area contributed by atoms with Crippen LogP contribution in [0.3, 0.4) is 0 Å². The van der Waals surface area contributed by atoms with Gasteiger partial charge in [0.1, 0.15) is 11.9 Å². The summed E-state index contributed by atoms with van der Waals surface area (Å²) in [6, 6.07) is 7.26. The van der Waals surface area contributed by atoms with E-state index in [9.17, 15) is 4.79 Å². The van der Waals surface area contributed by atoms with Gasteiger partial charge in [0, 0.05) is 12.7 Å². The van der Waals surface area contributed by atoms with Crippen LogP contribution < -0.4 is 4.74 Å². The van der Waals surface area contributed by atoms with Crippen LogP contribution in [0.2, 0.25) is 0 Å². The van der Waals surface area contributed by atoms with E-state index in [4.69, 9.17) is 9.47 Å². The first-order valence-corrected chi connectivity index (χ1v) is 6.29. The molecule has 0 aliphatic rings. The molecule has 0 fully saturated rings. The Morgan fingerprint density at radius 1 is 1.17 bits per heavy atom. The number of methoxy groups -OCH3 is 1. The Balaban J connectivity index is 2.92. The summed E-state index contributed by atoms with van der Waals surface area (Å²) < 4.78 is 10.8. The summed E-state index contributed by atoms with van der Waals surface area (Å²) in [7, 11) is 1.57. The van der Waals surface area contributed by atoms with E-state index in [-0.39, 0.29) is 17.8 Å². The molecule has 1 unspecified atom stereocenters. The van der Waals surface area contributed by atoms with Gasteiger partial charge in [-0.2, -0.15) is 0 Å². The molecule has 18 heavy (non-hydrogen) atoms. The molecule has 0 aliphatic heterocycles. The van der Waals surface area contributed by atoms with Gasteiger partial charge in [-0.1, -0.05) is 26.0 Å². The van der Waals surface area contributed by atoms with Crippen LogP contribution in [0.5, 0.6) is 5.75 Å². The largest absolute Gasteiger partial charge is 0.491 e. The van der Waals surface area contributed by atoms with E-state index < -0.39 is 6.10 Å². The van der Waals surface area contributed by atoms with Crippen LogP contribution >= 0.6 is 0 Å². The minimum Gasteiger partial charge on any atom is -0.491 e. The highest BCUT2D eigenvalue weighted by molar-refractivity contribution is 5.99. The zero-order chi connectivity index (χ0) is 13.7. The molecule has 0 saturated carbocycles. The van der Waals surface area contributed by atoms with Crippen molar-refractivity contribution in [1.82, 2.24) is 0 Å². The minimum atomic E-state index is -0.403.